The number of hydrogen-bond acceptors (Lipinski definition) is 4. The monoisotopic (exact) mass is 371 g/mol. The number of methoxy groups -OCH3 is 1. The van der Waals surface area contributed by atoms with Crippen molar-refractivity contribution in [3.05, 3.63) is 42.5 Å². The number of nitrogens with zero attached hydrogens (tertiary/aromatic N) is 4. The Balaban J connectivity index is 1.66. The number of carbonyl (C=O) groups is 1. The van der Waals surface area contributed by atoms with Crippen LogP contribution in [0, 0.1) is 0 Å². The Morgan fingerprint density at radius 1 is 1.37 bits per heavy atom. The highest BCUT2D eigenvalue weighted by molar-refractivity contribution is 5.91. The number of hydrogen-bond donors (Lipinski definition) is 1. The summed E-state index contributed by atoms with van der Waals surface area (Å²) in [6.07, 6.45) is 5.92. The first-order valence-electron chi connectivity index (χ1n) is 9.43. The molecule has 1 fully saturated rings. The van der Waals surface area contributed by atoms with Gasteiger partial charge in [-0.15, -0.1) is 0 Å². The van der Waals surface area contributed by atoms with Gasteiger partial charge < -0.3 is 24.4 Å². The average Bonchev–Trinajstić information content (AvgIpc) is 3.15. The molecule has 1 aromatic heterocycles. The second-order valence-electron chi connectivity index (χ2n) is 7.20. The molecule has 27 heavy (non-hydrogen) atoms. The van der Waals surface area contributed by atoms with Crippen LogP contribution in [0.3, 0.4) is 0 Å². The van der Waals surface area contributed by atoms with Gasteiger partial charge in [0.15, 0.2) is 0 Å². The fourth-order valence-electron chi connectivity index (χ4n) is 3.49. The average molecular weight is 371 g/mol. The molecule has 7 nitrogen and oxygen atoms in total. The number of aromatic nitrogens is 2. The van der Waals surface area contributed by atoms with Crippen LogP contribution in [-0.2, 0) is 6.54 Å². The van der Waals surface area contributed by atoms with Crippen molar-refractivity contribution >= 4 is 11.7 Å². The number of nitrogens with one attached hydrogen (secondary N) is 1. The summed E-state index contributed by atoms with van der Waals surface area (Å²) in [6.45, 7) is 3.32. The van der Waals surface area contributed by atoms with Gasteiger partial charge >= 0.3 is 6.03 Å². The number of ether oxygens (including phenoxy) is 1. The lowest BCUT2D eigenvalue weighted by molar-refractivity contribution is 0.190. The molecule has 1 N–H and O–H groups in total. The van der Waals surface area contributed by atoms with Crippen molar-refractivity contribution in [2.75, 3.05) is 46.2 Å². The molecular weight excluding hydrogens is 342 g/mol. The second kappa shape index (κ2) is 8.90. The minimum Gasteiger partial charge on any atom is -0.495 e. The van der Waals surface area contributed by atoms with Crippen molar-refractivity contribution in [1.82, 2.24) is 19.4 Å². The quantitative estimate of drug-likeness (QED) is 0.848. The summed E-state index contributed by atoms with van der Waals surface area (Å²) in [5.74, 6) is 2.00. The van der Waals surface area contributed by atoms with E-state index in [0.717, 1.165) is 38.3 Å². The van der Waals surface area contributed by atoms with Crippen LogP contribution in [0.4, 0.5) is 10.5 Å². The molecule has 0 radical (unpaired) electrons. The number of urea groups is 1. The number of likely N-dealkylation sites (N-methyl/N-ethyl adjacent to an activating group) is 1. The highest BCUT2D eigenvalue weighted by Crippen LogP contribution is 2.28. The number of para-hydroxylation sites is 2. The molecule has 0 aliphatic carbocycles. The van der Waals surface area contributed by atoms with Gasteiger partial charge in [-0.3, -0.25) is 0 Å². The molecule has 146 valence electrons. The van der Waals surface area contributed by atoms with Gasteiger partial charge in [0, 0.05) is 44.5 Å². The molecule has 1 aromatic carbocycles. The zero-order valence-electron chi connectivity index (χ0n) is 16.4. The minimum absolute atomic E-state index is 0.0874. The Morgan fingerprint density at radius 3 is 2.96 bits per heavy atom. The highest BCUT2D eigenvalue weighted by Gasteiger charge is 2.27. The number of amides is 2. The molecule has 1 saturated heterocycles. The van der Waals surface area contributed by atoms with Crippen LogP contribution in [0.15, 0.2) is 36.7 Å². The fourth-order valence-corrected chi connectivity index (χ4v) is 3.49. The van der Waals surface area contributed by atoms with Gasteiger partial charge in [0.05, 0.1) is 12.8 Å². The van der Waals surface area contributed by atoms with Crippen LogP contribution >= 0.6 is 0 Å². The maximum Gasteiger partial charge on any atom is 0.321 e. The van der Waals surface area contributed by atoms with Gasteiger partial charge in [0.1, 0.15) is 11.6 Å². The van der Waals surface area contributed by atoms with E-state index in [4.69, 9.17) is 4.74 Å². The third kappa shape index (κ3) is 4.80. The van der Waals surface area contributed by atoms with Gasteiger partial charge in [0.25, 0.3) is 0 Å². The normalized spacial score (nSPS) is 17.2. The largest absolute Gasteiger partial charge is 0.495 e. The standard InChI is InChI=1S/C20H29N5O2/c1-23(2)13-14-24-12-10-21-19(24)16-7-6-11-25(15-16)20(26)22-17-8-4-5-9-18(17)27-3/h4-5,8-10,12,16H,6-7,11,13-15H2,1-3H3,(H,22,26)/t16-/m0/s1. The molecule has 1 atom stereocenters. The summed E-state index contributed by atoms with van der Waals surface area (Å²) < 4.78 is 7.54. The third-order valence-electron chi connectivity index (χ3n) is 4.96. The minimum atomic E-state index is -0.0874. The third-order valence-corrected chi connectivity index (χ3v) is 4.96. The lowest BCUT2D eigenvalue weighted by Gasteiger charge is -2.33. The molecule has 7 heteroatoms. The molecule has 0 bridgehead atoms. The van der Waals surface area contributed by atoms with Crippen molar-refractivity contribution in [3.63, 3.8) is 0 Å². The Labute approximate surface area is 160 Å². The lowest BCUT2D eigenvalue weighted by Crippen LogP contribution is -2.42. The number of anilines is 1. The fraction of sp³-hybridized carbons (Fsp3) is 0.500. The van der Waals surface area contributed by atoms with Crippen molar-refractivity contribution in [3.8, 4) is 5.75 Å². The lowest BCUT2D eigenvalue weighted by atomic mass is 9.97. The summed E-state index contributed by atoms with van der Waals surface area (Å²) in [4.78, 5) is 21.4. The van der Waals surface area contributed by atoms with Gasteiger partial charge in [-0.2, -0.15) is 0 Å². The number of carbonyl (C=O) groups excluding carboxylic acids is 1. The number of piperidine rings is 1. The van der Waals surface area contributed by atoms with Crippen molar-refractivity contribution in [2.45, 2.75) is 25.3 Å². The van der Waals surface area contributed by atoms with Gasteiger partial charge in [0.2, 0.25) is 0 Å². The van der Waals surface area contributed by atoms with E-state index in [1.807, 2.05) is 41.6 Å². The molecule has 1 aliphatic rings. The first kappa shape index (κ1) is 19.2. The zero-order chi connectivity index (χ0) is 19.2. The SMILES string of the molecule is COc1ccccc1NC(=O)N1CCC[C@H](c2nccn2CCN(C)C)C1. The summed E-state index contributed by atoms with van der Waals surface area (Å²) >= 11 is 0. The van der Waals surface area contributed by atoms with Crippen molar-refractivity contribution in [1.29, 1.82) is 0 Å². The Hall–Kier alpha value is -2.54. The highest BCUT2D eigenvalue weighted by atomic mass is 16.5. The first-order valence-corrected chi connectivity index (χ1v) is 9.43. The van der Waals surface area contributed by atoms with Crippen molar-refractivity contribution < 1.29 is 9.53 Å². The van der Waals surface area contributed by atoms with Crippen LogP contribution in [0.5, 0.6) is 5.75 Å². The number of likely N-dealkylation sites (tertiary alicyclic amines) is 1. The predicted octanol–water partition coefficient (Wildman–Crippen LogP) is 2.86. The summed E-state index contributed by atoms with van der Waals surface area (Å²) in [5, 5.41) is 2.98. The summed E-state index contributed by atoms with van der Waals surface area (Å²) in [7, 11) is 5.75. The van der Waals surface area contributed by atoms with E-state index in [-0.39, 0.29) is 11.9 Å². The van der Waals surface area contributed by atoms with Crippen LogP contribution in [0.25, 0.3) is 0 Å². The van der Waals surface area contributed by atoms with Gasteiger partial charge in [-0.05, 0) is 39.1 Å². The van der Waals surface area contributed by atoms with E-state index in [1.165, 1.54) is 0 Å². The van der Waals surface area contributed by atoms with E-state index in [2.05, 4.69) is 33.9 Å². The topological polar surface area (TPSA) is 62.6 Å². The molecule has 1 aliphatic heterocycles. The number of imidazole rings is 1. The molecule has 2 heterocycles. The number of rotatable bonds is 6. The maximum atomic E-state index is 12.8. The van der Waals surface area contributed by atoms with E-state index < -0.39 is 0 Å². The second-order valence-corrected chi connectivity index (χ2v) is 7.20. The summed E-state index contributed by atoms with van der Waals surface area (Å²) in [6, 6.07) is 7.38. The Bertz CT molecular complexity index is 758. The number of benzene rings is 1. The molecule has 3 rings (SSSR count). The predicted molar refractivity (Wildman–Crippen MR) is 106 cm³/mol. The van der Waals surface area contributed by atoms with Crippen LogP contribution < -0.4 is 10.1 Å². The first-order chi connectivity index (χ1) is 13.1. The summed E-state index contributed by atoms with van der Waals surface area (Å²) in [5.41, 5.74) is 0.694. The maximum absolute atomic E-state index is 12.8. The Kier molecular flexibility index (Phi) is 6.34. The van der Waals surface area contributed by atoms with Crippen LogP contribution in [0.2, 0.25) is 0 Å². The zero-order valence-corrected chi connectivity index (χ0v) is 16.4. The van der Waals surface area contributed by atoms with Crippen LogP contribution in [0.1, 0.15) is 24.6 Å². The van der Waals surface area contributed by atoms with E-state index in [1.54, 1.807) is 7.11 Å². The molecule has 2 amide bonds. The van der Waals surface area contributed by atoms with Gasteiger partial charge in [-0.1, -0.05) is 12.1 Å². The van der Waals surface area contributed by atoms with Gasteiger partial charge in [-0.25, -0.2) is 9.78 Å². The molecule has 2 aromatic rings. The molecule has 0 unspecified atom stereocenters. The molecule has 0 saturated carbocycles. The smallest absolute Gasteiger partial charge is 0.321 e. The Morgan fingerprint density at radius 2 is 2.19 bits per heavy atom. The molecule has 0 spiro atoms. The van der Waals surface area contributed by atoms with Crippen LogP contribution in [-0.4, -0.2) is 66.2 Å². The van der Waals surface area contributed by atoms with E-state index >= 15 is 0 Å². The van der Waals surface area contributed by atoms with E-state index in [9.17, 15) is 4.79 Å². The van der Waals surface area contributed by atoms with E-state index in [0.29, 0.717) is 18.0 Å². The van der Waals surface area contributed by atoms with Crippen molar-refractivity contribution in [2.24, 2.45) is 0 Å². The molecular formula is C20H29N5O2.